The first-order valence-electron chi connectivity index (χ1n) is 7.93. The molecule has 2 aromatic heterocycles. The highest BCUT2D eigenvalue weighted by molar-refractivity contribution is 5.80. The monoisotopic (exact) mass is 339 g/mol. The van der Waals surface area contributed by atoms with E-state index in [1.54, 1.807) is 20.0 Å². The number of carbonyl (C=O) groups is 1. The number of rotatable bonds is 6. The van der Waals surface area contributed by atoms with Gasteiger partial charge in [0.05, 0.1) is 12.2 Å². The Kier molecular flexibility index (Phi) is 5.36. The fourth-order valence-corrected chi connectivity index (χ4v) is 2.74. The Bertz CT molecular complexity index is 722. The third kappa shape index (κ3) is 3.47. The Morgan fingerprint density at radius 2 is 2.00 bits per heavy atom. The number of amides is 1. The number of aryl methyl sites for hydroxylation is 2. The van der Waals surface area contributed by atoms with Crippen molar-refractivity contribution in [1.29, 1.82) is 0 Å². The van der Waals surface area contributed by atoms with E-state index in [1.165, 1.54) is 10.7 Å². The summed E-state index contributed by atoms with van der Waals surface area (Å²) in [5.41, 5.74) is 2.13. The first-order valence-corrected chi connectivity index (χ1v) is 7.93. The van der Waals surface area contributed by atoms with Gasteiger partial charge in [-0.2, -0.15) is 10.2 Å². The molecule has 0 saturated carbocycles. The summed E-state index contributed by atoms with van der Waals surface area (Å²) in [5, 5.41) is 11.0. The van der Waals surface area contributed by atoms with Crippen molar-refractivity contribution >= 4 is 5.91 Å². The van der Waals surface area contributed by atoms with E-state index < -0.39 is 12.5 Å². The van der Waals surface area contributed by atoms with Gasteiger partial charge in [0.25, 0.3) is 6.43 Å². The van der Waals surface area contributed by atoms with E-state index in [0.717, 1.165) is 17.8 Å². The molecule has 0 bridgehead atoms. The van der Waals surface area contributed by atoms with Gasteiger partial charge in [0.1, 0.15) is 11.7 Å². The van der Waals surface area contributed by atoms with E-state index in [4.69, 9.17) is 0 Å². The van der Waals surface area contributed by atoms with Crippen molar-refractivity contribution in [1.82, 2.24) is 24.9 Å². The van der Waals surface area contributed by atoms with Crippen molar-refractivity contribution in [3.8, 4) is 0 Å². The van der Waals surface area contributed by atoms with Gasteiger partial charge < -0.3 is 5.32 Å². The van der Waals surface area contributed by atoms with Crippen LogP contribution in [0, 0.1) is 13.8 Å². The second kappa shape index (κ2) is 7.11. The zero-order valence-corrected chi connectivity index (χ0v) is 14.5. The van der Waals surface area contributed by atoms with Crippen molar-refractivity contribution in [2.45, 2.75) is 59.7 Å². The maximum Gasteiger partial charge on any atom is 0.282 e. The summed E-state index contributed by atoms with van der Waals surface area (Å²) in [6.45, 7) is 9.86. The lowest BCUT2D eigenvalue weighted by atomic mass is 10.1. The van der Waals surface area contributed by atoms with Gasteiger partial charge in [-0.3, -0.25) is 14.2 Å². The second-order valence-electron chi connectivity index (χ2n) is 5.86. The average Bonchev–Trinajstić information content (AvgIpc) is 3.09. The molecule has 2 heterocycles. The van der Waals surface area contributed by atoms with E-state index >= 15 is 0 Å². The van der Waals surface area contributed by atoms with E-state index in [-0.39, 0.29) is 17.6 Å². The lowest BCUT2D eigenvalue weighted by molar-refractivity contribution is -0.124. The fourth-order valence-electron chi connectivity index (χ4n) is 2.74. The molecule has 6 nitrogen and oxygen atoms in total. The number of aromatic nitrogens is 4. The van der Waals surface area contributed by atoms with Crippen molar-refractivity contribution in [3.05, 3.63) is 34.9 Å². The topological polar surface area (TPSA) is 64.7 Å². The molecule has 0 fully saturated rings. The van der Waals surface area contributed by atoms with Crippen LogP contribution in [0.3, 0.4) is 0 Å². The van der Waals surface area contributed by atoms with Crippen LogP contribution in [0.1, 0.15) is 61.9 Å². The van der Waals surface area contributed by atoms with Gasteiger partial charge in [0.15, 0.2) is 0 Å². The SMILES string of the molecule is CCn1ncc(C(C)NC(=O)C(C)n2nc(C(F)F)cc2C)c1C. The molecular formula is C16H23F2N5O. The zero-order valence-electron chi connectivity index (χ0n) is 14.5. The average molecular weight is 339 g/mol. The minimum atomic E-state index is -2.65. The molecule has 24 heavy (non-hydrogen) atoms. The molecule has 132 valence electrons. The lowest BCUT2D eigenvalue weighted by Gasteiger charge is -2.19. The van der Waals surface area contributed by atoms with Gasteiger partial charge in [-0.15, -0.1) is 0 Å². The largest absolute Gasteiger partial charge is 0.348 e. The minimum Gasteiger partial charge on any atom is -0.348 e. The molecule has 8 heteroatoms. The number of alkyl halides is 2. The van der Waals surface area contributed by atoms with Crippen LogP contribution in [-0.2, 0) is 11.3 Å². The highest BCUT2D eigenvalue weighted by Gasteiger charge is 2.23. The van der Waals surface area contributed by atoms with Crippen LogP contribution in [0.4, 0.5) is 8.78 Å². The van der Waals surface area contributed by atoms with Crippen LogP contribution >= 0.6 is 0 Å². The third-order valence-corrected chi connectivity index (χ3v) is 4.18. The number of carbonyl (C=O) groups excluding carboxylic acids is 1. The number of halogens is 2. The van der Waals surface area contributed by atoms with Crippen LogP contribution in [0.15, 0.2) is 12.3 Å². The predicted octanol–water partition coefficient (Wildman–Crippen LogP) is 3.09. The van der Waals surface area contributed by atoms with Crippen molar-refractivity contribution in [2.24, 2.45) is 0 Å². The smallest absolute Gasteiger partial charge is 0.282 e. The number of hydrogen-bond donors (Lipinski definition) is 1. The van der Waals surface area contributed by atoms with E-state index in [1.807, 2.05) is 25.5 Å². The first-order chi connectivity index (χ1) is 11.3. The molecule has 1 amide bonds. The van der Waals surface area contributed by atoms with Gasteiger partial charge >= 0.3 is 0 Å². The van der Waals surface area contributed by atoms with Crippen molar-refractivity contribution in [3.63, 3.8) is 0 Å². The molecule has 2 aromatic rings. The number of nitrogens with zero attached hydrogens (tertiary/aromatic N) is 4. The highest BCUT2D eigenvalue weighted by Crippen LogP contribution is 2.22. The summed E-state index contributed by atoms with van der Waals surface area (Å²) < 4.78 is 28.7. The Labute approximate surface area is 139 Å². The normalized spacial score (nSPS) is 14.0. The first kappa shape index (κ1) is 18.1. The number of nitrogens with one attached hydrogen (secondary N) is 1. The summed E-state index contributed by atoms with van der Waals surface area (Å²) in [4.78, 5) is 12.5. The fraction of sp³-hybridized carbons (Fsp3) is 0.562. The van der Waals surface area contributed by atoms with Gasteiger partial charge in [-0.1, -0.05) is 0 Å². The quantitative estimate of drug-likeness (QED) is 0.879. The summed E-state index contributed by atoms with van der Waals surface area (Å²) in [5.74, 6) is -0.279. The summed E-state index contributed by atoms with van der Waals surface area (Å²) in [7, 11) is 0. The van der Waals surface area contributed by atoms with Crippen LogP contribution in [0.5, 0.6) is 0 Å². The molecule has 0 saturated heterocycles. The zero-order chi connectivity index (χ0) is 18.0. The Hall–Kier alpha value is -2.25. The van der Waals surface area contributed by atoms with E-state index in [0.29, 0.717) is 5.69 Å². The van der Waals surface area contributed by atoms with Crippen molar-refractivity contribution in [2.75, 3.05) is 0 Å². The van der Waals surface area contributed by atoms with Gasteiger partial charge in [0, 0.05) is 23.5 Å². The third-order valence-electron chi connectivity index (χ3n) is 4.18. The molecule has 2 rings (SSSR count). The molecule has 0 aliphatic heterocycles. The van der Waals surface area contributed by atoms with Crippen LogP contribution in [-0.4, -0.2) is 25.5 Å². The van der Waals surface area contributed by atoms with E-state index in [9.17, 15) is 13.6 Å². The molecule has 2 atom stereocenters. The molecule has 2 unspecified atom stereocenters. The maximum absolute atomic E-state index is 12.8. The Balaban J connectivity index is 2.12. The van der Waals surface area contributed by atoms with Gasteiger partial charge in [-0.05, 0) is 40.7 Å². The molecule has 0 aliphatic carbocycles. The molecule has 1 N–H and O–H groups in total. The molecule has 0 aliphatic rings. The summed E-state index contributed by atoms with van der Waals surface area (Å²) in [6, 6.07) is 0.389. The van der Waals surface area contributed by atoms with Crippen LogP contribution in [0.2, 0.25) is 0 Å². The standard InChI is InChI=1S/C16H23F2N5O/c1-6-22-11(4)13(8-19-22)10(3)20-16(24)12(5)23-9(2)7-14(21-23)15(17)18/h7-8,10,12,15H,6H2,1-5H3,(H,20,24). The highest BCUT2D eigenvalue weighted by atomic mass is 19.3. The van der Waals surface area contributed by atoms with Crippen molar-refractivity contribution < 1.29 is 13.6 Å². The predicted molar refractivity (Wildman–Crippen MR) is 85.8 cm³/mol. The summed E-state index contributed by atoms with van der Waals surface area (Å²) >= 11 is 0. The molecule has 0 spiro atoms. The number of hydrogen-bond acceptors (Lipinski definition) is 3. The van der Waals surface area contributed by atoms with Crippen LogP contribution in [0.25, 0.3) is 0 Å². The molecule has 0 aromatic carbocycles. The van der Waals surface area contributed by atoms with Gasteiger partial charge in [-0.25, -0.2) is 8.78 Å². The Morgan fingerprint density at radius 1 is 1.33 bits per heavy atom. The molecular weight excluding hydrogens is 316 g/mol. The summed E-state index contributed by atoms with van der Waals surface area (Å²) in [6.07, 6.45) is -0.913. The second-order valence-corrected chi connectivity index (χ2v) is 5.86. The lowest BCUT2D eigenvalue weighted by Crippen LogP contribution is -2.34. The Morgan fingerprint density at radius 3 is 2.50 bits per heavy atom. The maximum atomic E-state index is 12.8. The minimum absolute atomic E-state index is 0.231. The van der Waals surface area contributed by atoms with Crippen LogP contribution < -0.4 is 5.32 Å². The molecule has 0 radical (unpaired) electrons. The van der Waals surface area contributed by atoms with E-state index in [2.05, 4.69) is 15.5 Å². The van der Waals surface area contributed by atoms with Gasteiger partial charge in [0.2, 0.25) is 5.91 Å².